The van der Waals surface area contributed by atoms with E-state index in [0.29, 0.717) is 39.6 Å². The van der Waals surface area contributed by atoms with E-state index in [1.807, 2.05) is 41.5 Å². The third-order valence-corrected chi connectivity index (χ3v) is 31.7. The lowest BCUT2D eigenvalue weighted by atomic mass is 10.0. The zero-order chi connectivity index (χ0) is 33.0. The molecule has 0 aromatic heterocycles. The van der Waals surface area contributed by atoms with E-state index in [-0.39, 0.29) is 0 Å². The van der Waals surface area contributed by atoms with Crippen molar-refractivity contribution in [2.24, 2.45) is 0 Å². The molecule has 1 aromatic rings. The van der Waals surface area contributed by atoms with Gasteiger partial charge in [-0.25, -0.2) is 0 Å². The van der Waals surface area contributed by atoms with E-state index >= 15 is 0 Å². The molecule has 1 aromatic carbocycles. The Labute approximate surface area is 301 Å². The molecule has 0 aliphatic carbocycles. The van der Waals surface area contributed by atoms with Crippen LogP contribution in [0.5, 0.6) is 0 Å². The fourth-order valence-corrected chi connectivity index (χ4v) is 19.8. The Hall–Kier alpha value is 2.21. The zero-order valence-corrected chi connectivity index (χ0v) is 36.3. The van der Waals surface area contributed by atoms with E-state index in [0.717, 1.165) is 60.8 Å². The molecule has 44 heavy (non-hydrogen) atoms. The van der Waals surface area contributed by atoms with Gasteiger partial charge in [-0.15, -0.1) is 62.8 Å². The minimum absolute atomic E-state index is 0.598. The van der Waals surface area contributed by atoms with Gasteiger partial charge < -0.3 is 26.6 Å². The van der Waals surface area contributed by atoms with E-state index in [1.165, 1.54) is 11.1 Å². The molecule has 16 heteroatoms. The van der Waals surface area contributed by atoms with Crippen molar-refractivity contribution in [1.29, 1.82) is 0 Å². The third-order valence-electron chi connectivity index (χ3n) is 6.85. The van der Waals surface area contributed by atoms with Crippen LogP contribution in [-0.4, -0.2) is 80.3 Å². The average Bonchev–Trinajstić information content (AvgIpc) is 3.00. The number of aryl methyl sites for hydroxylation is 2. The van der Waals surface area contributed by atoms with Gasteiger partial charge in [0.15, 0.2) is 0 Å². The first-order chi connectivity index (χ1) is 21.1. The van der Waals surface area contributed by atoms with Crippen molar-refractivity contribution in [1.82, 2.24) is 0 Å². The van der Waals surface area contributed by atoms with Gasteiger partial charge in [0.05, 0.1) is 0 Å². The molecule has 0 bridgehead atoms. The Morgan fingerprint density at radius 2 is 0.841 bits per heavy atom. The van der Waals surface area contributed by atoms with Crippen LogP contribution in [0.25, 0.3) is 0 Å². The first kappa shape index (κ1) is 44.2. The highest BCUT2D eigenvalue weighted by molar-refractivity contribution is 9.34. The molecule has 0 radical (unpaired) electrons. The topological polar surface area (TPSA) is 55.4 Å². The summed E-state index contributed by atoms with van der Waals surface area (Å²) in [7, 11) is -4.63. The fourth-order valence-electron chi connectivity index (χ4n) is 4.97. The molecule has 0 saturated carbocycles. The molecule has 0 saturated heterocycles. The predicted octanol–water partition coefficient (Wildman–Crippen LogP) is 9.93. The van der Waals surface area contributed by atoms with Gasteiger partial charge in [-0.1, -0.05) is 24.3 Å². The van der Waals surface area contributed by atoms with Crippen LogP contribution in [0.4, 0.5) is 0 Å². The minimum Gasteiger partial charge on any atom is -0.374 e. The Kier molecular flexibility index (Phi) is 24.5. The van der Waals surface area contributed by atoms with Gasteiger partial charge in [0.2, 0.25) is 0 Å². The van der Waals surface area contributed by atoms with Gasteiger partial charge >= 0.3 is 17.6 Å². The van der Waals surface area contributed by atoms with Crippen LogP contribution in [0.1, 0.15) is 65.5 Å². The summed E-state index contributed by atoms with van der Waals surface area (Å²) < 4.78 is 36.4. The van der Waals surface area contributed by atoms with Crippen molar-refractivity contribution in [2.75, 3.05) is 62.7 Å². The molecule has 2 atom stereocenters. The van der Waals surface area contributed by atoms with E-state index in [4.69, 9.17) is 49.9 Å². The van der Waals surface area contributed by atoms with Crippen molar-refractivity contribution >= 4 is 100 Å². The van der Waals surface area contributed by atoms with E-state index < -0.39 is 33.8 Å². The lowest BCUT2D eigenvalue weighted by molar-refractivity contribution is 0.0704. The number of hydrogen-bond donors (Lipinski definition) is 4. The lowest BCUT2D eigenvalue weighted by Crippen LogP contribution is -2.46. The maximum absolute atomic E-state index is 6.07. The van der Waals surface area contributed by atoms with Crippen LogP contribution < -0.4 is 0 Å². The Morgan fingerprint density at radius 3 is 1.09 bits per heavy atom. The van der Waals surface area contributed by atoms with Crippen LogP contribution in [0.15, 0.2) is 24.3 Å². The molecule has 0 spiro atoms. The van der Waals surface area contributed by atoms with Crippen molar-refractivity contribution in [3.63, 3.8) is 0 Å². The summed E-state index contributed by atoms with van der Waals surface area (Å²) in [5.74, 6) is 3.94. The Bertz CT molecular complexity index is 795. The van der Waals surface area contributed by atoms with Gasteiger partial charge in [-0.05, 0) is 121 Å². The van der Waals surface area contributed by atoms with Gasteiger partial charge in [-0.2, -0.15) is 0 Å². The van der Waals surface area contributed by atoms with Crippen LogP contribution in [0.2, 0.25) is 12.1 Å². The maximum Gasteiger partial charge on any atom is 0.500 e. The monoisotopic (exact) mass is 802 g/mol. The summed E-state index contributed by atoms with van der Waals surface area (Å²) >= 11 is 19.8. The molecule has 2 unspecified atom stereocenters. The van der Waals surface area contributed by atoms with E-state index in [9.17, 15) is 0 Å². The summed E-state index contributed by atoms with van der Waals surface area (Å²) in [4.78, 5) is 0. The van der Waals surface area contributed by atoms with Gasteiger partial charge in [0.1, 0.15) is 0 Å². The highest BCUT2D eigenvalue weighted by atomic mass is 33.7. The molecular formula is C28H58O6S8Si2. The molecule has 0 fully saturated rings. The Balaban J connectivity index is 2.83. The summed E-state index contributed by atoms with van der Waals surface area (Å²) in [6.45, 7) is 15.6. The van der Waals surface area contributed by atoms with E-state index in [1.54, 1.807) is 19.7 Å². The highest BCUT2D eigenvalue weighted by Crippen LogP contribution is 2.67. The Morgan fingerprint density at radius 1 is 0.545 bits per heavy atom. The van der Waals surface area contributed by atoms with Crippen LogP contribution in [0, 0.1) is 0 Å². The number of benzene rings is 1. The standard InChI is InChI=1S/C28H58O6S8Si2/c1-7-29-43(30-8-2,31-9-3)25-15-21-41(37,39-35)23-19-27-17-13-14-18-28(27)20-24-42(38,40-36)22-16-26-44(32-10-4,33-11-5)34-12-6/h13-14,17-18,35-38H,7-12,15-16,19-26H2,1-6H3. The maximum atomic E-state index is 6.07. The minimum atomic E-state index is -2.66. The van der Waals surface area contributed by atoms with Gasteiger partial charge in [-0.3, -0.25) is 0 Å². The zero-order valence-electron chi connectivity index (χ0n) is 27.5. The molecular weight excluding hydrogens is 745 g/mol. The molecule has 0 aliphatic heterocycles. The summed E-state index contributed by atoms with van der Waals surface area (Å²) in [6, 6.07) is 10.4. The molecule has 262 valence electrons. The molecule has 0 heterocycles. The van der Waals surface area contributed by atoms with Gasteiger partial charge in [0, 0.05) is 51.7 Å². The van der Waals surface area contributed by atoms with Crippen LogP contribution in [-0.2, 0) is 39.4 Å². The number of hydrogen-bond acceptors (Lipinski definition) is 12. The first-order valence-corrected chi connectivity index (χ1v) is 30.3. The molecule has 0 N–H and O–H groups in total. The SMILES string of the molecule is CCO[Si](CCCS(S)(CCc1ccccc1CCS(S)(CCC[Si](OCC)(OCC)OCC)SS)SS)(OCC)OCC. The van der Waals surface area contributed by atoms with Crippen molar-refractivity contribution in [2.45, 2.75) is 79.3 Å². The summed E-state index contributed by atoms with van der Waals surface area (Å²) in [5, 5.41) is 0. The van der Waals surface area contributed by atoms with Crippen molar-refractivity contribution < 1.29 is 26.6 Å². The summed E-state index contributed by atoms with van der Waals surface area (Å²) in [6.07, 6.45) is 3.85. The highest BCUT2D eigenvalue weighted by Gasteiger charge is 2.41. The second-order valence-corrected chi connectivity index (χ2v) is 33.5. The predicted molar refractivity (Wildman–Crippen MR) is 220 cm³/mol. The molecule has 1 rings (SSSR count). The number of thiol groups is 4. The second kappa shape index (κ2) is 24.4. The van der Waals surface area contributed by atoms with Crippen molar-refractivity contribution in [3.8, 4) is 0 Å². The van der Waals surface area contributed by atoms with Gasteiger partial charge in [0.25, 0.3) is 0 Å². The summed E-state index contributed by atoms with van der Waals surface area (Å²) in [5.41, 5.74) is 2.77. The number of rotatable bonds is 28. The van der Waals surface area contributed by atoms with Crippen LogP contribution in [0.3, 0.4) is 0 Å². The first-order valence-electron chi connectivity index (χ1n) is 15.7. The lowest BCUT2D eigenvalue weighted by Gasteiger charge is -2.34. The average molecular weight is 803 g/mol. The fraction of sp³-hybridized carbons (Fsp3) is 0.786. The smallest absolute Gasteiger partial charge is 0.374 e. The van der Waals surface area contributed by atoms with Crippen molar-refractivity contribution in [3.05, 3.63) is 35.4 Å². The third kappa shape index (κ3) is 16.3. The normalized spacial score (nSPS) is 16.8. The quantitative estimate of drug-likeness (QED) is 0.0380. The van der Waals surface area contributed by atoms with Crippen LogP contribution >= 0.6 is 82.5 Å². The largest absolute Gasteiger partial charge is 0.500 e. The second-order valence-electron chi connectivity index (χ2n) is 9.95. The van der Waals surface area contributed by atoms with E-state index in [2.05, 4.69) is 47.6 Å². The molecule has 0 aliphatic rings. The molecule has 0 amide bonds. The molecule has 6 nitrogen and oxygen atoms in total.